The van der Waals surface area contributed by atoms with Crippen LogP contribution in [0.4, 0.5) is 5.00 Å². The number of unbranched alkanes of at least 4 members (excludes halogenated alkanes) is 1. The lowest BCUT2D eigenvalue weighted by Gasteiger charge is -2.14. The molecular formula is C26H27Cl2N3O3S. The van der Waals surface area contributed by atoms with Gasteiger partial charge in [-0.2, -0.15) is 0 Å². The van der Waals surface area contributed by atoms with Gasteiger partial charge in [0.25, 0.3) is 11.8 Å². The number of anilines is 1. The van der Waals surface area contributed by atoms with Gasteiger partial charge in [-0.3, -0.25) is 14.6 Å². The normalized spacial score (nSPS) is 12.7. The van der Waals surface area contributed by atoms with Gasteiger partial charge in [0, 0.05) is 29.4 Å². The number of ether oxygens (including phenoxy) is 1. The highest BCUT2D eigenvalue weighted by atomic mass is 35.5. The number of halogens is 2. The van der Waals surface area contributed by atoms with Crippen molar-refractivity contribution in [2.45, 2.75) is 52.0 Å². The van der Waals surface area contributed by atoms with E-state index in [2.05, 4.69) is 22.5 Å². The third kappa shape index (κ3) is 6.15. The summed E-state index contributed by atoms with van der Waals surface area (Å²) in [5.74, 6) is -0.214. The molecule has 6 nitrogen and oxygen atoms in total. The van der Waals surface area contributed by atoms with E-state index in [0.717, 1.165) is 54.5 Å². The number of amides is 2. The number of nitrogens with zero attached hydrogens (tertiary/aromatic N) is 1. The van der Waals surface area contributed by atoms with E-state index in [4.69, 9.17) is 27.9 Å². The first-order valence-corrected chi connectivity index (χ1v) is 13.3. The zero-order valence-corrected chi connectivity index (χ0v) is 21.8. The molecule has 0 fully saturated rings. The van der Waals surface area contributed by atoms with Crippen molar-refractivity contribution in [1.29, 1.82) is 0 Å². The van der Waals surface area contributed by atoms with Crippen LogP contribution < -0.4 is 15.4 Å². The van der Waals surface area contributed by atoms with E-state index in [-0.39, 0.29) is 21.9 Å². The van der Waals surface area contributed by atoms with Gasteiger partial charge in [0.2, 0.25) is 0 Å². The maximum Gasteiger partial charge on any atom is 0.256 e. The minimum atomic E-state index is -0.381. The molecule has 2 heterocycles. The number of aryl methyl sites for hydroxylation is 1. The van der Waals surface area contributed by atoms with Crippen LogP contribution >= 0.6 is 34.5 Å². The molecule has 35 heavy (non-hydrogen) atoms. The van der Waals surface area contributed by atoms with Gasteiger partial charge in [-0.25, -0.2) is 0 Å². The maximum atomic E-state index is 13.2. The molecule has 3 aromatic rings. The zero-order chi connectivity index (χ0) is 24.8. The number of rotatable bonds is 9. The molecule has 0 bridgehead atoms. The van der Waals surface area contributed by atoms with Crippen LogP contribution in [0.3, 0.4) is 0 Å². The molecule has 1 aliphatic rings. The van der Waals surface area contributed by atoms with Crippen LogP contribution in [-0.2, 0) is 19.4 Å². The summed E-state index contributed by atoms with van der Waals surface area (Å²) < 4.78 is 5.68. The zero-order valence-electron chi connectivity index (χ0n) is 19.5. The second kappa shape index (κ2) is 11.9. The van der Waals surface area contributed by atoms with Crippen molar-refractivity contribution in [3.63, 3.8) is 0 Å². The van der Waals surface area contributed by atoms with Gasteiger partial charge >= 0.3 is 0 Å². The minimum Gasteiger partial charge on any atom is -0.490 e. The fourth-order valence-electron chi connectivity index (χ4n) is 3.99. The van der Waals surface area contributed by atoms with Gasteiger partial charge in [0.1, 0.15) is 5.00 Å². The van der Waals surface area contributed by atoms with Crippen LogP contribution in [0, 0.1) is 0 Å². The van der Waals surface area contributed by atoms with Gasteiger partial charge in [0.15, 0.2) is 5.75 Å². The van der Waals surface area contributed by atoms with Crippen molar-refractivity contribution in [3.8, 4) is 5.75 Å². The van der Waals surface area contributed by atoms with Crippen LogP contribution in [0.25, 0.3) is 0 Å². The number of carbonyl (C=O) groups is 2. The van der Waals surface area contributed by atoms with E-state index in [9.17, 15) is 9.59 Å². The Morgan fingerprint density at radius 2 is 1.91 bits per heavy atom. The van der Waals surface area contributed by atoms with E-state index in [1.165, 1.54) is 11.3 Å². The number of thiophene rings is 1. The molecule has 0 radical (unpaired) electrons. The molecular weight excluding hydrogens is 505 g/mol. The summed E-state index contributed by atoms with van der Waals surface area (Å²) in [5, 5.41) is 7.01. The minimum absolute atomic E-state index is 0.209. The molecule has 2 aromatic heterocycles. The summed E-state index contributed by atoms with van der Waals surface area (Å²) in [5.41, 5.74) is 2.77. The number of nitrogens with one attached hydrogen (secondary N) is 2. The van der Waals surface area contributed by atoms with Crippen LogP contribution in [-0.4, -0.2) is 23.4 Å². The van der Waals surface area contributed by atoms with Crippen LogP contribution in [0.2, 0.25) is 10.0 Å². The Morgan fingerprint density at radius 3 is 2.63 bits per heavy atom. The van der Waals surface area contributed by atoms with Gasteiger partial charge in [-0.05, 0) is 61.4 Å². The Balaban J connectivity index is 1.55. The molecule has 4 rings (SSSR count). The lowest BCUT2D eigenvalue weighted by atomic mass is 9.95. The number of carbonyl (C=O) groups excluding carboxylic acids is 2. The molecule has 0 saturated carbocycles. The van der Waals surface area contributed by atoms with Crippen LogP contribution in [0.1, 0.15) is 69.3 Å². The molecule has 2 amide bonds. The third-order valence-electron chi connectivity index (χ3n) is 5.81. The molecule has 9 heteroatoms. The van der Waals surface area contributed by atoms with Crippen molar-refractivity contribution in [3.05, 3.63) is 73.8 Å². The first-order chi connectivity index (χ1) is 17.0. The standard InChI is InChI=1S/C26H27Cl2N3O3S/c1-2-3-11-34-23-19(27)12-17(13-20(23)28)24(32)31-26-22(18-8-4-5-9-21(18)35-26)25(33)30-15-16-7-6-10-29-14-16/h6-7,10,12-14H,2-5,8-9,11,15H2,1H3,(H,30,33)(H,31,32). The highest BCUT2D eigenvalue weighted by Crippen LogP contribution is 2.39. The first-order valence-electron chi connectivity index (χ1n) is 11.7. The van der Waals surface area contributed by atoms with Crippen LogP contribution in [0.15, 0.2) is 36.7 Å². The van der Waals surface area contributed by atoms with E-state index in [0.29, 0.717) is 35.0 Å². The molecule has 1 aliphatic carbocycles. The summed E-state index contributed by atoms with van der Waals surface area (Å²) in [6.07, 6.45) is 9.08. The lowest BCUT2D eigenvalue weighted by Crippen LogP contribution is -2.25. The van der Waals surface area contributed by atoms with E-state index < -0.39 is 0 Å². The number of pyridine rings is 1. The molecule has 0 spiro atoms. The Labute approximate surface area is 219 Å². The summed E-state index contributed by atoms with van der Waals surface area (Å²) in [6.45, 7) is 2.92. The fraction of sp³-hybridized carbons (Fsp3) is 0.346. The number of benzene rings is 1. The van der Waals surface area contributed by atoms with Crippen molar-refractivity contribution >= 4 is 51.4 Å². The second-order valence-electron chi connectivity index (χ2n) is 8.38. The van der Waals surface area contributed by atoms with Crippen molar-refractivity contribution < 1.29 is 14.3 Å². The maximum absolute atomic E-state index is 13.2. The Kier molecular flexibility index (Phi) is 8.65. The quantitative estimate of drug-likeness (QED) is 0.301. The summed E-state index contributed by atoms with van der Waals surface area (Å²) in [7, 11) is 0. The average molecular weight is 532 g/mol. The largest absolute Gasteiger partial charge is 0.490 e. The highest BCUT2D eigenvalue weighted by Gasteiger charge is 2.27. The van der Waals surface area contributed by atoms with Crippen molar-refractivity contribution in [1.82, 2.24) is 10.3 Å². The first kappa shape index (κ1) is 25.5. The summed E-state index contributed by atoms with van der Waals surface area (Å²) in [4.78, 5) is 31.6. The monoisotopic (exact) mass is 531 g/mol. The summed E-state index contributed by atoms with van der Waals surface area (Å²) >= 11 is 14.2. The van der Waals surface area contributed by atoms with E-state index >= 15 is 0 Å². The van der Waals surface area contributed by atoms with Crippen molar-refractivity contribution in [2.24, 2.45) is 0 Å². The predicted octanol–water partition coefficient (Wildman–Crippen LogP) is 6.69. The second-order valence-corrected chi connectivity index (χ2v) is 10.3. The van der Waals surface area contributed by atoms with Gasteiger partial charge in [-0.15, -0.1) is 11.3 Å². The molecule has 1 aromatic carbocycles. The van der Waals surface area contributed by atoms with Gasteiger partial charge in [-0.1, -0.05) is 42.6 Å². The number of hydrogen-bond acceptors (Lipinski definition) is 5. The topological polar surface area (TPSA) is 80.3 Å². The number of hydrogen-bond donors (Lipinski definition) is 2. The van der Waals surface area contributed by atoms with Gasteiger partial charge in [0.05, 0.1) is 22.2 Å². The Morgan fingerprint density at radius 1 is 1.14 bits per heavy atom. The average Bonchev–Trinajstić information content (AvgIpc) is 3.22. The van der Waals surface area contributed by atoms with E-state index in [1.54, 1.807) is 24.5 Å². The molecule has 184 valence electrons. The van der Waals surface area contributed by atoms with Crippen molar-refractivity contribution in [2.75, 3.05) is 11.9 Å². The highest BCUT2D eigenvalue weighted by molar-refractivity contribution is 7.17. The molecule has 0 saturated heterocycles. The molecule has 2 N–H and O–H groups in total. The van der Waals surface area contributed by atoms with E-state index in [1.807, 2.05) is 12.1 Å². The third-order valence-corrected chi connectivity index (χ3v) is 7.57. The smallest absolute Gasteiger partial charge is 0.256 e. The lowest BCUT2D eigenvalue weighted by molar-refractivity contribution is 0.0951. The number of fused-ring (bicyclic) bond motifs is 1. The number of aromatic nitrogens is 1. The molecule has 0 aliphatic heterocycles. The molecule has 0 unspecified atom stereocenters. The Hall–Kier alpha value is -2.61. The molecule has 0 atom stereocenters. The van der Waals surface area contributed by atoms with Gasteiger partial charge < -0.3 is 15.4 Å². The Bertz CT molecular complexity index is 1190. The van der Waals surface area contributed by atoms with Crippen LogP contribution in [0.5, 0.6) is 5.75 Å². The summed E-state index contributed by atoms with van der Waals surface area (Å²) in [6, 6.07) is 6.82. The SMILES string of the molecule is CCCCOc1c(Cl)cc(C(=O)Nc2sc3c(c2C(=O)NCc2cccnc2)CCCC3)cc1Cl. The predicted molar refractivity (Wildman–Crippen MR) is 141 cm³/mol. The fourth-order valence-corrected chi connectivity index (χ4v) is 5.87.